The molecular formula is C15H23NO. The van der Waals surface area contributed by atoms with Crippen molar-refractivity contribution < 1.29 is 4.74 Å². The Labute approximate surface area is 104 Å². The van der Waals surface area contributed by atoms with E-state index >= 15 is 0 Å². The van der Waals surface area contributed by atoms with Crippen LogP contribution in [-0.4, -0.2) is 20.2 Å². The van der Waals surface area contributed by atoms with Gasteiger partial charge in [0, 0.05) is 19.1 Å². The summed E-state index contributed by atoms with van der Waals surface area (Å²) in [5.74, 6) is 1.21. The largest absolute Gasteiger partial charge is 0.373 e. The van der Waals surface area contributed by atoms with Crippen molar-refractivity contribution in [3.8, 4) is 0 Å². The maximum Gasteiger partial charge on any atom is 0.0866 e. The van der Waals surface area contributed by atoms with Crippen LogP contribution in [-0.2, 0) is 4.74 Å². The highest BCUT2D eigenvalue weighted by atomic mass is 16.5. The van der Waals surface area contributed by atoms with Crippen LogP contribution in [0.4, 0.5) is 0 Å². The molecule has 1 aromatic carbocycles. The zero-order valence-corrected chi connectivity index (χ0v) is 11.1. The molecule has 1 saturated heterocycles. The van der Waals surface area contributed by atoms with Gasteiger partial charge in [-0.05, 0) is 30.5 Å². The highest BCUT2D eigenvalue weighted by Gasteiger charge is 2.28. The Morgan fingerprint density at radius 2 is 2.00 bits per heavy atom. The third-order valence-electron chi connectivity index (χ3n) is 3.61. The molecule has 2 atom stereocenters. The van der Waals surface area contributed by atoms with E-state index in [1.807, 2.05) is 7.05 Å². The molecule has 2 nitrogen and oxygen atoms in total. The van der Waals surface area contributed by atoms with Gasteiger partial charge >= 0.3 is 0 Å². The van der Waals surface area contributed by atoms with Crippen molar-refractivity contribution in [1.82, 2.24) is 5.32 Å². The van der Waals surface area contributed by atoms with Crippen LogP contribution in [0.15, 0.2) is 24.3 Å². The summed E-state index contributed by atoms with van der Waals surface area (Å²) in [5, 5.41) is 3.26. The number of ether oxygens (including phenoxy) is 1. The smallest absolute Gasteiger partial charge is 0.0866 e. The average Bonchev–Trinajstić information content (AvgIpc) is 2.78. The van der Waals surface area contributed by atoms with Gasteiger partial charge in [-0.1, -0.05) is 38.1 Å². The van der Waals surface area contributed by atoms with Gasteiger partial charge in [0.2, 0.25) is 0 Å². The fraction of sp³-hybridized carbons (Fsp3) is 0.600. The molecule has 2 rings (SSSR count). The van der Waals surface area contributed by atoms with E-state index in [0.717, 1.165) is 19.6 Å². The molecule has 0 aliphatic carbocycles. The van der Waals surface area contributed by atoms with E-state index in [2.05, 4.69) is 43.4 Å². The van der Waals surface area contributed by atoms with Crippen molar-refractivity contribution in [2.24, 2.45) is 5.92 Å². The minimum atomic E-state index is 0.281. The van der Waals surface area contributed by atoms with Gasteiger partial charge in [0.05, 0.1) is 6.10 Å². The van der Waals surface area contributed by atoms with Crippen molar-refractivity contribution in [2.45, 2.75) is 32.3 Å². The fourth-order valence-electron chi connectivity index (χ4n) is 2.54. The van der Waals surface area contributed by atoms with Crippen molar-refractivity contribution in [1.29, 1.82) is 0 Å². The molecule has 1 N–H and O–H groups in total. The van der Waals surface area contributed by atoms with Gasteiger partial charge in [-0.3, -0.25) is 0 Å². The first-order chi connectivity index (χ1) is 8.22. The molecule has 94 valence electrons. The molecule has 2 unspecified atom stereocenters. The quantitative estimate of drug-likeness (QED) is 0.862. The lowest BCUT2D eigenvalue weighted by atomic mass is 9.93. The Kier molecular flexibility index (Phi) is 4.19. The predicted molar refractivity (Wildman–Crippen MR) is 71.3 cm³/mol. The van der Waals surface area contributed by atoms with Crippen LogP contribution in [0.5, 0.6) is 0 Å². The van der Waals surface area contributed by atoms with Crippen LogP contribution < -0.4 is 5.32 Å². The standard InChI is InChI=1S/C15H23NO/c1-11(2)12-4-6-13(7-5-12)15-14(10-16-3)8-9-17-15/h4-7,11,14-16H,8-10H2,1-3H3. The number of nitrogens with one attached hydrogen (secondary N) is 1. The number of rotatable bonds is 4. The summed E-state index contributed by atoms with van der Waals surface area (Å²) in [6.07, 6.45) is 1.45. The fourth-order valence-corrected chi connectivity index (χ4v) is 2.54. The topological polar surface area (TPSA) is 21.3 Å². The Morgan fingerprint density at radius 3 is 2.59 bits per heavy atom. The lowest BCUT2D eigenvalue weighted by Gasteiger charge is -2.19. The Hall–Kier alpha value is -0.860. The molecule has 0 bridgehead atoms. The zero-order valence-electron chi connectivity index (χ0n) is 11.1. The van der Waals surface area contributed by atoms with Crippen molar-refractivity contribution in [3.05, 3.63) is 35.4 Å². The molecule has 0 saturated carbocycles. The van der Waals surface area contributed by atoms with Crippen molar-refractivity contribution >= 4 is 0 Å². The molecule has 17 heavy (non-hydrogen) atoms. The lowest BCUT2D eigenvalue weighted by molar-refractivity contribution is 0.0909. The van der Waals surface area contributed by atoms with Crippen molar-refractivity contribution in [3.63, 3.8) is 0 Å². The van der Waals surface area contributed by atoms with Crippen LogP contribution in [0, 0.1) is 5.92 Å². The molecule has 0 spiro atoms. The van der Waals surface area contributed by atoms with Gasteiger partial charge in [0.15, 0.2) is 0 Å². The van der Waals surface area contributed by atoms with E-state index in [1.165, 1.54) is 11.1 Å². The van der Waals surface area contributed by atoms with E-state index in [1.54, 1.807) is 0 Å². The second-order valence-corrected chi connectivity index (χ2v) is 5.22. The van der Waals surface area contributed by atoms with Gasteiger partial charge in [-0.2, -0.15) is 0 Å². The van der Waals surface area contributed by atoms with Crippen LogP contribution in [0.3, 0.4) is 0 Å². The van der Waals surface area contributed by atoms with Crippen molar-refractivity contribution in [2.75, 3.05) is 20.2 Å². The molecule has 0 amide bonds. The summed E-state index contributed by atoms with van der Waals surface area (Å²) >= 11 is 0. The van der Waals surface area contributed by atoms with Gasteiger partial charge < -0.3 is 10.1 Å². The third kappa shape index (κ3) is 2.88. The number of benzene rings is 1. The molecule has 0 aromatic heterocycles. The first-order valence-corrected chi connectivity index (χ1v) is 6.58. The highest BCUT2D eigenvalue weighted by molar-refractivity contribution is 5.27. The van der Waals surface area contributed by atoms with Gasteiger partial charge in [-0.25, -0.2) is 0 Å². The monoisotopic (exact) mass is 233 g/mol. The third-order valence-corrected chi connectivity index (χ3v) is 3.61. The maximum atomic E-state index is 5.86. The average molecular weight is 233 g/mol. The first kappa shape index (κ1) is 12.6. The van der Waals surface area contributed by atoms with E-state index in [4.69, 9.17) is 4.74 Å². The normalized spacial score (nSPS) is 24.5. The molecule has 0 radical (unpaired) electrons. The summed E-state index contributed by atoms with van der Waals surface area (Å²) in [7, 11) is 2.01. The highest BCUT2D eigenvalue weighted by Crippen LogP contribution is 2.34. The minimum absolute atomic E-state index is 0.281. The van der Waals surface area contributed by atoms with Crippen LogP contribution in [0.2, 0.25) is 0 Å². The first-order valence-electron chi connectivity index (χ1n) is 6.58. The Bertz CT molecular complexity index is 344. The lowest BCUT2D eigenvalue weighted by Crippen LogP contribution is -2.21. The molecular weight excluding hydrogens is 210 g/mol. The van der Waals surface area contributed by atoms with Crippen LogP contribution in [0.1, 0.15) is 43.4 Å². The minimum Gasteiger partial charge on any atom is -0.373 e. The number of hydrogen-bond donors (Lipinski definition) is 1. The number of hydrogen-bond acceptors (Lipinski definition) is 2. The van der Waals surface area contributed by atoms with E-state index in [0.29, 0.717) is 11.8 Å². The van der Waals surface area contributed by atoms with Gasteiger partial charge in [0.25, 0.3) is 0 Å². The van der Waals surface area contributed by atoms with Gasteiger partial charge in [0.1, 0.15) is 0 Å². The predicted octanol–water partition coefficient (Wildman–Crippen LogP) is 3.11. The summed E-state index contributed by atoms with van der Waals surface area (Å²) in [6, 6.07) is 8.93. The summed E-state index contributed by atoms with van der Waals surface area (Å²) < 4.78 is 5.86. The summed E-state index contributed by atoms with van der Waals surface area (Å²) in [5.41, 5.74) is 2.73. The molecule has 1 aromatic rings. The van der Waals surface area contributed by atoms with Crippen LogP contribution in [0.25, 0.3) is 0 Å². The maximum absolute atomic E-state index is 5.86. The van der Waals surface area contributed by atoms with Gasteiger partial charge in [-0.15, -0.1) is 0 Å². The Balaban J connectivity index is 2.10. The second kappa shape index (κ2) is 5.65. The molecule has 1 fully saturated rings. The zero-order chi connectivity index (χ0) is 12.3. The second-order valence-electron chi connectivity index (χ2n) is 5.22. The summed E-state index contributed by atoms with van der Waals surface area (Å²) in [6.45, 7) is 6.38. The molecule has 1 heterocycles. The summed E-state index contributed by atoms with van der Waals surface area (Å²) in [4.78, 5) is 0. The van der Waals surface area contributed by atoms with E-state index in [-0.39, 0.29) is 6.10 Å². The SMILES string of the molecule is CNCC1CCOC1c1ccc(C(C)C)cc1. The van der Waals surface area contributed by atoms with Crippen LogP contribution >= 0.6 is 0 Å². The molecule has 1 aliphatic rings. The Morgan fingerprint density at radius 1 is 1.29 bits per heavy atom. The molecule has 2 heteroatoms. The van der Waals surface area contributed by atoms with E-state index < -0.39 is 0 Å². The molecule has 1 aliphatic heterocycles. The van der Waals surface area contributed by atoms with E-state index in [9.17, 15) is 0 Å².